The molecule has 0 amide bonds. The summed E-state index contributed by atoms with van der Waals surface area (Å²) < 4.78 is 0. The molecule has 0 N–H and O–H groups in total. The summed E-state index contributed by atoms with van der Waals surface area (Å²) in [6.07, 6.45) is 1.08. The molecule has 0 saturated carbocycles. The largest absolute Gasteiger partial charge is 0.152 e. The van der Waals surface area contributed by atoms with Crippen molar-refractivity contribution >= 4 is 38.6 Å². The Morgan fingerprint density at radius 1 is 1.43 bits per heavy atom. The Morgan fingerprint density at radius 3 is 2.86 bits per heavy atom. The van der Waals surface area contributed by atoms with Crippen LogP contribution in [0.3, 0.4) is 0 Å². The number of hydrogen-bond acceptors (Lipinski definition) is 2. The number of hydrogen-bond donors (Lipinski definition) is 0. The lowest BCUT2D eigenvalue weighted by atomic mass is 10.1. The van der Waals surface area contributed by atoms with Crippen molar-refractivity contribution in [1.82, 2.24) is 0 Å². The minimum atomic E-state index is 0.460. The van der Waals surface area contributed by atoms with E-state index in [-0.39, 0.29) is 0 Å². The van der Waals surface area contributed by atoms with Crippen molar-refractivity contribution in [3.63, 3.8) is 0 Å². The summed E-state index contributed by atoms with van der Waals surface area (Å²) in [5.74, 6) is 0. The predicted octanol–water partition coefficient (Wildman–Crippen LogP) is 4.80. The lowest BCUT2D eigenvalue weighted by Gasteiger charge is -2.05. The van der Waals surface area contributed by atoms with E-state index in [9.17, 15) is 0 Å². The van der Waals surface area contributed by atoms with Crippen LogP contribution in [-0.2, 0) is 6.42 Å². The number of alkyl halides is 1. The molecule has 14 heavy (non-hydrogen) atoms. The standard InChI is InChI=1S/C11H11BrS2/c1-8-4-10(7-14-8)11(12)5-9-2-3-13-6-9/h2-4,6-7,11H,5H2,1H3. The van der Waals surface area contributed by atoms with Gasteiger partial charge in [0.2, 0.25) is 0 Å². The Labute approximate surface area is 101 Å². The fourth-order valence-corrected chi connectivity index (χ4v) is 3.61. The highest BCUT2D eigenvalue weighted by atomic mass is 79.9. The van der Waals surface area contributed by atoms with Crippen molar-refractivity contribution in [2.45, 2.75) is 18.2 Å². The van der Waals surface area contributed by atoms with Crippen molar-refractivity contribution in [3.05, 3.63) is 44.3 Å². The second-order valence-corrected chi connectivity index (χ2v) is 6.29. The fraction of sp³-hybridized carbons (Fsp3) is 0.273. The molecule has 0 bridgehead atoms. The van der Waals surface area contributed by atoms with E-state index >= 15 is 0 Å². The number of halogens is 1. The van der Waals surface area contributed by atoms with Gasteiger partial charge in [-0.15, -0.1) is 11.3 Å². The van der Waals surface area contributed by atoms with Crippen LogP contribution in [0.15, 0.2) is 28.3 Å². The molecule has 2 aromatic heterocycles. The monoisotopic (exact) mass is 286 g/mol. The van der Waals surface area contributed by atoms with Crippen LogP contribution in [0.4, 0.5) is 0 Å². The van der Waals surface area contributed by atoms with E-state index in [0.717, 1.165) is 6.42 Å². The lowest BCUT2D eigenvalue weighted by Crippen LogP contribution is -1.91. The molecule has 2 aromatic rings. The first-order valence-corrected chi connectivity index (χ1v) is 7.19. The highest BCUT2D eigenvalue weighted by molar-refractivity contribution is 9.09. The summed E-state index contributed by atoms with van der Waals surface area (Å²) in [5, 5.41) is 6.59. The van der Waals surface area contributed by atoms with Crippen LogP contribution in [0.5, 0.6) is 0 Å². The lowest BCUT2D eigenvalue weighted by molar-refractivity contribution is 0.959. The quantitative estimate of drug-likeness (QED) is 0.711. The average Bonchev–Trinajstić information content (AvgIpc) is 2.75. The van der Waals surface area contributed by atoms with E-state index in [4.69, 9.17) is 0 Å². The molecule has 1 unspecified atom stereocenters. The molecule has 74 valence electrons. The van der Waals surface area contributed by atoms with E-state index in [0.29, 0.717) is 4.83 Å². The third-order valence-corrected chi connectivity index (χ3v) is 4.57. The molecule has 0 aromatic carbocycles. The van der Waals surface area contributed by atoms with Crippen molar-refractivity contribution < 1.29 is 0 Å². The van der Waals surface area contributed by atoms with Crippen molar-refractivity contribution in [2.24, 2.45) is 0 Å². The zero-order valence-electron chi connectivity index (χ0n) is 7.87. The molecule has 2 heterocycles. The van der Waals surface area contributed by atoms with Crippen LogP contribution in [0.1, 0.15) is 20.8 Å². The second-order valence-electron chi connectivity index (χ2n) is 3.29. The summed E-state index contributed by atoms with van der Waals surface area (Å²) >= 11 is 7.31. The first-order valence-electron chi connectivity index (χ1n) is 4.46. The molecular weight excluding hydrogens is 276 g/mol. The Hall–Kier alpha value is -0.120. The van der Waals surface area contributed by atoms with Crippen molar-refractivity contribution in [1.29, 1.82) is 0 Å². The zero-order valence-corrected chi connectivity index (χ0v) is 11.1. The minimum Gasteiger partial charge on any atom is -0.152 e. The van der Waals surface area contributed by atoms with Crippen molar-refractivity contribution in [3.8, 4) is 0 Å². The number of rotatable bonds is 3. The third kappa shape index (κ3) is 2.47. The fourth-order valence-electron chi connectivity index (χ4n) is 1.36. The van der Waals surface area contributed by atoms with Crippen LogP contribution in [0.25, 0.3) is 0 Å². The van der Waals surface area contributed by atoms with Gasteiger partial charge in [-0.3, -0.25) is 0 Å². The molecular formula is C11H11BrS2. The first-order chi connectivity index (χ1) is 6.75. The van der Waals surface area contributed by atoms with Gasteiger partial charge in [0.25, 0.3) is 0 Å². The summed E-state index contributed by atoms with van der Waals surface area (Å²) in [6, 6.07) is 4.45. The highest BCUT2D eigenvalue weighted by Gasteiger charge is 2.09. The Balaban J connectivity index is 2.06. The molecule has 0 spiro atoms. The number of thiophene rings is 2. The summed E-state index contributed by atoms with van der Waals surface area (Å²) in [7, 11) is 0. The smallest absolute Gasteiger partial charge is 0.0444 e. The maximum Gasteiger partial charge on any atom is 0.0444 e. The Bertz CT molecular complexity index is 389. The zero-order chi connectivity index (χ0) is 9.97. The van der Waals surface area contributed by atoms with Crippen LogP contribution in [0.2, 0.25) is 0 Å². The number of aryl methyl sites for hydroxylation is 1. The summed E-state index contributed by atoms with van der Waals surface area (Å²) in [6.45, 7) is 2.15. The molecule has 2 rings (SSSR count). The Morgan fingerprint density at radius 2 is 2.29 bits per heavy atom. The van der Waals surface area contributed by atoms with Gasteiger partial charge in [0, 0.05) is 9.70 Å². The van der Waals surface area contributed by atoms with Gasteiger partial charge in [0.05, 0.1) is 0 Å². The van der Waals surface area contributed by atoms with Crippen LogP contribution >= 0.6 is 38.6 Å². The molecule has 1 atom stereocenters. The van der Waals surface area contributed by atoms with Gasteiger partial charge in [-0.2, -0.15) is 11.3 Å². The first kappa shape index (κ1) is 10.4. The molecule has 0 radical (unpaired) electrons. The SMILES string of the molecule is Cc1cc(C(Br)Cc2ccsc2)cs1. The summed E-state index contributed by atoms with van der Waals surface area (Å²) in [5.41, 5.74) is 2.82. The molecule has 3 heteroatoms. The van der Waals surface area contributed by atoms with Gasteiger partial charge in [-0.25, -0.2) is 0 Å². The van der Waals surface area contributed by atoms with E-state index in [2.05, 4.69) is 51.1 Å². The molecule has 0 saturated heterocycles. The van der Waals surface area contributed by atoms with E-state index in [1.54, 1.807) is 11.3 Å². The van der Waals surface area contributed by atoms with Crippen molar-refractivity contribution in [2.75, 3.05) is 0 Å². The van der Waals surface area contributed by atoms with Gasteiger partial charge in [-0.1, -0.05) is 15.9 Å². The van der Waals surface area contributed by atoms with E-state index in [1.165, 1.54) is 16.0 Å². The van der Waals surface area contributed by atoms with Crippen LogP contribution < -0.4 is 0 Å². The normalized spacial score (nSPS) is 13.0. The molecule has 0 aliphatic heterocycles. The molecule has 0 nitrogen and oxygen atoms in total. The highest BCUT2D eigenvalue weighted by Crippen LogP contribution is 2.30. The maximum atomic E-state index is 3.73. The van der Waals surface area contributed by atoms with Crippen LogP contribution in [-0.4, -0.2) is 0 Å². The third-order valence-electron chi connectivity index (χ3n) is 2.11. The predicted molar refractivity (Wildman–Crippen MR) is 68.7 cm³/mol. The molecule has 0 fully saturated rings. The minimum absolute atomic E-state index is 0.460. The molecule has 0 aliphatic rings. The second kappa shape index (κ2) is 4.60. The summed E-state index contributed by atoms with van der Waals surface area (Å²) in [4.78, 5) is 1.84. The molecule has 0 aliphatic carbocycles. The van der Waals surface area contributed by atoms with E-state index in [1.807, 2.05) is 11.3 Å². The van der Waals surface area contributed by atoms with Gasteiger partial charge >= 0.3 is 0 Å². The van der Waals surface area contributed by atoms with Gasteiger partial charge in [0.15, 0.2) is 0 Å². The van der Waals surface area contributed by atoms with Gasteiger partial charge in [-0.05, 0) is 52.7 Å². The van der Waals surface area contributed by atoms with E-state index < -0.39 is 0 Å². The van der Waals surface area contributed by atoms with Gasteiger partial charge in [0.1, 0.15) is 0 Å². The maximum absolute atomic E-state index is 3.73. The Kier molecular flexibility index (Phi) is 3.42. The topological polar surface area (TPSA) is 0 Å². The van der Waals surface area contributed by atoms with Gasteiger partial charge < -0.3 is 0 Å². The average molecular weight is 287 g/mol. The van der Waals surface area contributed by atoms with Crippen LogP contribution in [0, 0.1) is 6.92 Å².